The van der Waals surface area contributed by atoms with Crippen LogP contribution in [0.5, 0.6) is 0 Å². The van der Waals surface area contributed by atoms with Gasteiger partial charge in [0.1, 0.15) is 10.7 Å². The van der Waals surface area contributed by atoms with Crippen molar-refractivity contribution in [3.05, 3.63) is 51.2 Å². The number of thiazole rings is 1. The van der Waals surface area contributed by atoms with Crippen LogP contribution in [0.1, 0.15) is 71.0 Å². The Morgan fingerprint density at radius 1 is 1.38 bits per heavy atom. The van der Waals surface area contributed by atoms with Crippen LogP contribution in [0.4, 0.5) is 4.39 Å². The lowest BCUT2D eigenvalue weighted by Gasteiger charge is -2.36. The van der Waals surface area contributed by atoms with Crippen LogP contribution in [0, 0.1) is 12.7 Å². The number of aryl methyl sites for hydroxylation is 1. The molecule has 1 amide bonds. The highest BCUT2D eigenvalue weighted by Gasteiger charge is 2.31. The lowest BCUT2D eigenvalue weighted by atomic mass is 9.95. The van der Waals surface area contributed by atoms with Crippen molar-refractivity contribution in [2.75, 3.05) is 6.54 Å². The van der Waals surface area contributed by atoms with Crippen LogP contribution >= 0.6 is 11.3 Å². The van der Waals surface area contributed by atoms with Gasteiger partial charge in [0.2, 0.25) is 0 Å². The summed E-state index contributed by atoms with van der Waals surface area (Å²) in [6.07, 6.45) is 2.93. The molecule has 128 valence electrons. The van der Waals surface area contributed by atoms with Crippen molar-refractivity contribution in [2.24, 2.45) is 0 Å². The van der Waals surface area contributed by atoms with Gasteiger partial charge in [-0.2, -0.15) is 0 Å². The number of likely N-dealkylation sites (tertiary alicyclic amines) is 1. The molecule has 0 aliphatic carbocycles. The molecule has 0 N–H and O–H groups in total. The molecule has 0 saturated carbocycles. The van der Waals surface area contributed by atoms with E-state index in [1.807, 2.05) is 17.9 Å². The summed E-state index contributed by atoms with van der Waals surface area (Å²) in [4.78, 5) is 20.3. The smallest absolute Gasteiger partial charge is 0.266 e. The Bertz CT molecular complexity index is 741. The van der Waals surface area contributed by atoms with E-state index in [9.17, 15) is 9.18 Å². The molecule has 2 aromatic rings. The first-order valence-corrected chi connectivity index (χ1v) is 9.32. The van der Waals surface area contributed by atoms with Crippen molar-refractivity contribution >= 4 is 17.2 Å². The molecule has 2 heterocycles. The third kappa shape index (κ3) is 3.36. The monoisotopic (exact) mass is 346 g/mol. The number of aromatic nitrogens is 1. The molecule has 0 radical (unpaired) electrons. The van der Waals surface area contributed by atoms with Gasteiger partial charge < -0.3 is 4.90 Å². The summed E-state index contributed by atoms with van der Waals surface area (Å²) in [5.41, 5.74) is 1.69. The van der Waals surface area contributed by atoms with Crippen LogP contribution in [-0.4, -0.2) is 22.3 Å². The summed E-state index contributed by atoms with van der Waals surface area (Å²) in [6.45, 7) is 6.79. The van der Waals surface area contributed by atoms with Crippen molar-refractivity contribution in [2.45, 2.75) is 52.0 Å². The van der Waals surface area contributed by atoms with Gasteiger partial charge in [0, 0.05) is 12.5 Å². The number of carbonyl (C=O) groups excluding carboxylic acids is 1. The van der Waals surface area contributed by atoms with E-state index < -0.39 is 0 Å². The van der Waals surface area contributed by atoms with Crippen molar-refractivity contribution in [1.82, 2.24) is 9.88 Å². The first-order valence-electron chi connectivity index (χ1n) is 8.51. The molecule has 3 rings (SSSR count). The van der Waals surface area contributed by atoms with Gasteiger partial charge in [-0.1, -0.05) is 26.0 Å². The van der Waals surface area contributed by atoms with E-state index in [0.717, 1.165) is 40.4 Å². The van der Waals surface area contributed by atoms with Crippen LogP contribution in [-0.2, 0) is 0 Å². The number of hydrogen-bond donors (Lipinski definition) is 0. The SMILES string of the molecule is Cc1nc(C(C)C)sc1C(=O)N1CCCC[C@H]1c1cccc(F)c1. The summed E-state index contributed by atoms with van der Waals surface area (Å²) in [5.74, 6) is 0.100. The van der Waals surface area contributed by atoms with Gasteiger partial charge in [-0.3, -0.25) is 4.79 Å². The average Bonchev–Trinajstić information content (AvgIpc) is 2.96. The molecule has 3 nitrogen and oxygen atoms in total. The Labute approximate surface area is 146 Å². The van der Waals surface area contributed by atoms with Gasteiger partial charge in [0.25, 0.3) is 5.91 Å². The Morgan fingerprint density at radius 2 is 2.17 bits per heavy atom. The zero-order valence-electron chi connectivity index (χ0n) is 14.4. The number of amides is 1. The molecule has 5 heteroatoms. The fourth-order valence-electron chi connectivity index (χ4n) is 3.23. The van der Waals surface area contributed by atoms with Crippen molar-refractivity contribution < 1.29 is 9.18 Å². The fourth-order valence-corrected chi connectivity index (χ4v) is 4.25. The number of benzene rings is 1. The highest BCUT2D eigenvalue weighted by Crippen LogP contribution is 2.34. The van der Waals surface area contributed by atoms with Gasteiger partial charge in [-0.25, -0.2) is 9.37 Å². The first-order chi connectivity index (χ1) is 11.5. The zero-order valence-corrected chi connectivity index (χ0v) is 15.2. The standard InChI is InChI=1S/C19H23FN2OS/c1-12(2)18-21-13(3)17(24-18)19(23)22-10-5-4-9-16(22)14-7-6-8-15(20)11-14/h6-8,11-12,16H,4-5,9-10H2,1-3H3/t16-/m0/s1. The van der Waals surface area contributed by atoms with Gasteiger partial charge in [0.15, 0.2) is 0 Å². The topological polar surface area (TPSA) is 33.2 Å². The summed E-state index contributed by atoms with van der Waals surface area (Å²) in [5, 5.41) is 0.996. The van der Waals surface area contributed by atoms with E-state index in [2.05, 4.69) is 18.8 Å². The van der Waals surface area contributed by atoms with E-state index in [0.29, 0.717) is 12.5 Å². The second-order valence-corrected chi connectivity index (χ2v) is 7.72. The van der Waals surface area contributed by atoms with E-state index in [-0.39, 0.29) is 17.8 Å². The van der Waals surface area contributed by atoms with Gasteiger partial charge in [-0.15, -0.1) is 11.3 Å². The first kappa shape index (κ1) is 17.1. The summed E-state index contributed by atoms with van der Waals surface area (Å²) in [6, 6.07) is 6.58. The number of rotatable bonds is 3. The minimum Gasteiger partial charge on any atom is -0.331 e. The fraction of sp³-hybridized carbons (Fsp3) is 0.474. The second-order valence-electron chi connectivity index (χ2n) is 6.69. The molecule has 0 spiro atoms. The van der Waals surface area contributed by atoms with Crippen LogP contribution in [0.3, 0.4) is 0 Å². The van der Waals surface area contributed by atoms with Gasteiger partial charge >= 0.3 is 0 Å². The van der Waals surface area contributed by atoms with Crippen LogP contribution in [0.25, 0.3) is 0 Å². The predicted molar refractivity (Wildman–Crippen MR) is 95.0 cm³/mol. The lowest BCUT2D eigenvalue weighted by Crippen LogP contribution is -2.38. The highest BCUT2D eigenvalue weighted by atomic mass is 32.1. The van der Waals surface area contributed by atoms with E-state index in [4.69, 9.17) is 0 Å². The predicted octanol–water partition coefficient (Wildman–Crippen LogP) is 5.08. The molecule has 1 saturated heterocycles. The van der Waals surface area contributed by atoms with E-state index >= 15 is 0 Å². The third-order valence-corrected chi connectivity index (χ3v) is 5.94. The molecular formula is C19H23FN2OS. The zero-order chi connectivity index (χ0) is 17.3. The minimum atomic E-state index is -0.249. The molecule has 1 aliphatic heterocycles. The number of carbonyl (C=O) groups is 1. The molecule has 0 unspecified atom stereocenters. The summed E-state index contributed by atoms with van der Waals surface area (Å²) < 4.78 is 13.6. The van der Waals surface area contributed by atoms with E-state index in [1.165, 1.54) is 17.4 Å². The molecular weight excluding hydrogens is 323 g/mol. The molecule has 1 aliphatic rings. The number of hydrogen-bond acceptors (Lipinski definition) is 3. The molecule has 1 aromatic heterocycles. The van der Waals surface area contributed by atoms with Gasteiger partial charge in [-0.05, 0) is 43.9 Å². The van der Waals surface area contributed by atoms with Crippen molar-refractivity contribution in [1.29, 1.82) is 0 Å². The highest BCUT2D eigenvalue weighted by molar-refractivity contribution is 7.13. The van der Waals surface area contributed by atoms with Crippen LogP contribution in [0.2, 0.25) is 0 Å². The van der Waals surface area contributed by atoms with Crippen LogP contribution in [0.15, 0.2) is 24.3 Å². The summed E-state index contributed by atoms with van der Waals surface area (Å²) >= 11 is 1.49. The average molecular weight is 346 g/mol. The number of piperidine rings is 1. The quantitative estimate of drug-likeness (QED) is 0.776. The van der Waals surface area contributed by atoms with Crippen molar-refractivity contribution in [3.63, 3.8) is 0 Å². The Morgan fingerprint density at radius 3 is 2.83 bits per heavy atom. The lowest BCUT2D eigenvalue weighted by molar-refractivity contribution is 0.0615. The Hall–Kier alpha value is -1.75. The molecule has 1 atom stereocenters. The largest absolute Gasteiger partial charge is 0.331 e. The normalized spacial score (nSPS) is 18.2. The maximum Gasteiger partial charge on any atom is 0.266 e. The maximum atomic E-state index is 13.6. The molecule has 24 heavy (non-hydrogen) atoms. The molecule has 1 aromatic carbocycles. The van der Waals surface area contributed by atoms with Gasteiger partial charge in [0.05, 0.1) is 16.7 Å². The summed E-state index contributed by atoms with van der Waals surface area (Å²) in [7, 11) is 0. The van der Waals surface area contributed by atoms with Crippen LogP contribution < -0.4 is 0 Å². The number of nitrogens with zero attached hydrogens (tertiary/aromatic N) is 2. The molecule has 1 fully saturated rings. The third-order valence-electron chi connectivity index (χ3n) is 4.50. The Balaban J connectivity index is 1.91. The second kappa shape index (κ2) is 7.01. The minimum absolute atomic E-state index is 0.0332. The Kier molecular flexibility index (Phi) is 4.99. The van der Waals surface area contributed by atoms with Crippen molar-refractivity contribution in [3.8, 4) is 0 Å². The number of halogens is 1. The molecule has 0 bridgehead atoms. The maximum absolute atomic E-state index is 13.6. The van der Waals surface area contributed by atoms with E-state index in [1.54, 1.807) is 12.1 Å².